The molecule has 1 aromatic rings. The first-order chi connectivity index (χ1) is 6.54. The van der Waals surface area contributed by atoms with Gasteiger partial charge in [-0.2, -0.15) is 0 Å². The molecule has 0 atom stereocenters. The Hall–Kier alpha value is -1.29. The highest BCUT2D eigenvalue weighted by atomic mass is 19.1. The molecule has 0 unspecified atom stereocenters. The Morgan fingerprint density at radius 2 is 2.07 bits per heavy atom. The summed E-state index contributed by atoms with van der Waals surface area (Å²) < 4.78 is 18.6. The SMILES string of the molecule is CC(C)Oc1cc(F)c(N)c(CN)c1. The quantitative estimate of drug-likeness (QED) is 0.726. The molecular weight excluding hydrogens is 183 g/mol. The predicted molar refractivity (Wildman–Crippen MR) is 54.5 cm³/mol. The van der Waals surface area contributed by atoms with Gasteiger partial charge < -0.3 is 16.2 Å². The molecule has 78 valence electrons. The molecule has 0 heterocycles. The zero-order chi connectivity index (χ0) is 10.7. The van der Waals surface area contributed by atoms with Crippen LogP contribution < -0.4 is 16.2 Å². The van der Waals surface area contributed by atoms with Crippen LogP contribution >= 0.6 is 0 Å². The lowest BCUT2D eigenvalue weighted by Gasteiger charge is -2.12. The summed E-state index contributed by atoms with van der Waals surface area (Å²) in [4.78, 5) is 0. The van der Waals surface area contributed by atoms with Crippen molar-refractivity contribution in [2.24, 2.45) is 5.73 Å². The van der Waals surface area contributed by atoms with E-state index in [1.54, 1.807) is 6.07 Å². The van der Waals surface area contributed by atoms with E-state index >= 15 is 0 Å². The minimum Gasteiger partial charge on any atom is -0.491 e. The molecular formula is C10H15FN2O. The van der Waals surface area contributed by atoms with E-state index in [9.17, 15) is 4.39 Å². The number of hydrogen-bond donors (Lipinski definition) is 2. The van der Waals surface area contributed by atoms with E-state index in [1.807, 2.05) is 13.8 Å². The summed E-state index contributed by atoms with van der Waals surface area (Å²) in [5.74, 6) is -0.0178. The van der Waals surface area contributed by atoms with Crippen molar-refractivity contribution in [1.29, 1.82) is 0 Å². The van der Waals surface area contributed by atoms with Crippen LogP contribution in [0.15, 0.2) is 12.1 Å². The largest absolute Gasteiger partial charge is 0.491 e. The Balaban J connectivity index is 3.03. The monoisotopic (exact) mass is 198 g/mol. The normalized spacial score (nSPS) is 10.6. The van der Waals surface area contributed by atoms with Crippen molar-refractivity contribution in [2.75, 3.05) is 5.73 Å². The molecule has 0 radical (unpaired) electrons. The molecule has 0 saturated heterocycles. The van der Waals surface area contributed by atoms with Crippen LogP contribution in [0.25, 0.3) is 0 Å². The fourth-order valence-corrected chi connectivity index (χ4v) is 1.16. The highest BCUT2D eigenvalue weighted by Gasteiger charge is 2.08. The molecule has 14 heavy (non-hydrogen) atoms. The van der Waals surface area contributed by atoms with E-state index in [2.05, 4.69) is 0 Å². The van der Waals surface area contributed by atoms with Gasteiger partial charge in [-0.1, -0.05) is 0 Å². The van der Waals surface area contributed by atoms with Crippen molar-refractivity contribution in [3.05, 3.63) is 23.5 Å². The standard InChI is InChI=1S/C10H15FN2O/c1-6(2)14-8-3-7(5-12)10(13)9(11)4-8/h3-4,6H,5,12-13H2,1-2H3. The number of rotatable bonds is 3. The average Bonchev–Trinajstić information content (AvgIpc) is 2.10. The second-order valence-electron chi connectivity index (χ2n) is 3.35. The average molecular weight is 198 g/mol. The molecule has 0 amide bonds. The molecule has 0 fully saturated rings. The van der Waals surface area contributed by atoms with Gasteiger partial charge in [-0.25, -0.2) is 4.39 Å². The number of nitrogens with two attached hydrogens (primary N) is 2. The first-order valence-electron chi connectivity index (χ1n) is 4.49. The lowest BCUT2D eigenvalue weighted by molar-refractivity contribution is 0.241. The minimum absolute atomic E-state index is 0.00338. The third-order valence-corrected chi connectivity index (χ3v) is 1.78. The van der Waals surface area contributed by atoms with Gasteiger partial charge in [-0.3, -0.25) is 0 Å². The maximum atomic E-state index is 13.2. The lowest BCUT2D eigenvalue weighted by atomic mass is 10.1. The van der Waals surface area contributed by atoms with Gasteiger partial charge in [-0.15, -0.1) is 0 Å². The number of benzene rings is 1. The Morgan fingerprint density at radius 3 is 2.57 bits per heavy atom. The van der Waals surface area contributed by atoms with Gasteiger partial charge in [0.2, 0.25) is 0 Å². The summed E-state index contributed by atoms with van der Waals surface area (Å²) in [5.41, 5.74) is 11.6. The van der Waals surface area contributed by atoms with E-state index in [-0.39, 0.29) is 18.3 Å². The van der Waals surface area contributed by atoms with Crippen LogP contribution in [0, 0.1) is 5.82 Å². The molecule has 0 bridgehead atoms. The van der Waals surface area contributed by atoms with Crippen molar-refractivity contribution in [2.45, 2.75) is 26.5 Å². The lowest BCUT2D eigenvalue weighted by Crippen LogP contribution is -2.09. The first-order valence-corrected chi connectivity index (χ1v) is 4.49. The maximum Gasteiger partial charge on any atom is 0.150 e. The van der Waals surface area contributed by atoms with Crippen molar-refractivity contribution < 1.29 is 9.13 Å². The van der Waals surface area contributed by atoms with Crippen molar-refractivity contribution >= 4 is 5.69 Å². The van der Waals surface area contributed by atoms with Crippen LogP contribution in [0.4, 0.5) is 10.1 Å². The Labute approximate surface area is 82.9 Å². The molecule has 0 aliphatic heterocycles. The summed E-state index contributed by atoms with van der Waals surface area (Å²) in [5, 5.41) is 0. The fraction of sp³-hybridized carbons (Fsp3) is 0.400. The number of nitrogen functional groups attached to an aromatic ring is 1. The predicted octanol–water partition coefficient (Wildman–Crippen LogP) is 1.65. The molecule has 0 spiro atoms. The zero-order valence-corrected chi connectivity index (χ0v) is 8.38. The fourth-order valence-electron chi connectivity index (χ4n) is 1.16. The summed E-state index contributed by atoms with van der Waals surface area (Å²) >= 11 is 0. The van der Waals surface area contributed by atoms with Crippen LogP contribution in [0.1, 0.15) is 19.4 Å². The van der Waals surface area contributed by atoms with Crippen LogP contribution in [0.3, 0.4) is 0 Å². The van der Waals surface area contributed by atoms with E-state index in [0.29, 0.717) is 11.3 Å². The zero-order valence-electron chi connectivity index (χ0n) is 8.38. The Bertz CT molecular complexity index is 326. The third kappa shape index (κ3) is 2.35. The van der Waals surface area contributed by atoms with Crippen LogP contribution in [0.2, 0.25) is 0 Å². The summed E-state index contributed by atoms with van der Waals surface area (Å²) in [6.45, 7) is 3.95. The molecule has 4 heteroatoms. The second-order valence-corrected chi connectivity index (χ2v) is 3.35. The molecule has 0 aliphatic rings. The van der Waals surface area contributed by atoms with E-state index in [4.69, 9.17) is 16.2 Å². The topological polar surface area (TPSA) is 61.3 Å². The van der Waals surface area contributed by atoms with Gasteiger partial charge in [-0.05, 0) is 25.5 Å². The Kier molecular flexibility index (Phi) is 3.30. The Morgan fingerprint density at radius 1 is 1.43 bits per heavy atom. The highest BCUT2D eigenvalue weighted by Crippen LogP contribution is 2.23. The molecule has 4 N–H and O–H groups in total. The second kappa shape index (κ2) is 4.28. The van der Waals surface area contributed by atoms with Gasteiger partial charge in [0.05, 0.1) is 11.8 Å². The molecule has 1 rings (SSSR count). The van der Waals surface area contributed by atoms with Crippen molar-refractivity contribution in [3.63, 3.8) is 0 Å². The smallest absolute Gasteiger partial charge is 0.150 e. The van der Waals surface area contributed by atoms with E-state index in [0.717, 1.165) is 0 Å². The van der Waals surface area contributed by atoms with Crippen LogP contribution in [-0.4, -0.2) is 6.10 Å². The highest BCUT2D eigenvalue weighted by molar-refractivity contribution is 5.51. The van der Waals surface area contributed by atoms with Crippen molar-refractivity contribution in [3.8, 4) is 5.75 Å². The van der Waals surface area contributed by atoms with E-state index < -0.39 is 5.82 Å². The van der Waals surface area contributed by atoms with Crippen LogP contribution in [-0.2, 0) is 6.54 Å². The van der Waals surface area contributed by atoms with Gasteiger partial charge in [0.25, 0.3) is 0 Å². The minimum atomic E-state index is -0.483. The van der Waals surface area contributed by atoms with Gasteiger partial charge >= 0.3 is 0 Å². The van der Waals surface area contributed by atoms with Gasteiger partial charge in [0.1, 0.15) is 11.6 Å². The number of ether oxygens (including phenoxy) is 1. The van der Waals surface area contributed by atoms with Gasteiger partial charge in [0.15, 0.2) is 0 Å². The maximum absolute atomic E-state index is 13.2. The molecule has 3 nitrogen and oxygen atoms in total. The molecule has 1 aromatic carbocycles. The molecule has 0 aliphatic carbocycles. The van der Waals surface area contributed by atoms with E-state index in [1.165, 1.54) is 6.07 Å². The van der Waals surface area contributed by atoms with Crippen LogP contribution in [0.5, 0.6) is 5.75 Å². The molecule has 0 aromatic heterocycles. The first kappa shape index (κ1) is 10.8. The summed E-state index contributed by atoms with van der Waals surface area (Å²) in [6.07, 6.45) is 0.00338. The number of hydrogen-bond acceptors (Lipinski definition) is 3. The number of anilines is 1. The van der Waals surface area contributed by atoms with Crippen molar-refractivity contribution in [1.82, 2.24) is 0 Å². The van der Waals surface area contributed by atoms with Gasteiger partial charge in [0, 0.05) is 12.6 Å². The summed E-state index contributed by atoms with van der Waals surface area (Å²) in [7, 11) is 0. The third-order valence-electron chi connectivity index (χ3n) is 1.78. The molecule has 0 saturated carbocycles. The summed E-state index contributed by atoms with van der Waals surface area (Å²) in [6, 6.07) is 2.94. The number of halogens is 1.